The van der Waals surface area contributed by atoms with Crippen molar-refractivity contribution in [3.05, 3.63) is 65.7 Å². The van der Waals surface area contributed by atoms with E-state index in [2.05, 4.69) is 59.5 Å². The van der Waals surface area contributed by atoms with Crippen LogP contribution in [-0.4, -0.2) is 44.4 Å². The summed E-state index contributed by atoms with van der Waals surface area (Å²) in [4.78, 5) is 2.52. The molecule has 0 bridgehead atoms. The summed E-state index contributed by atoms with van der Waals surface area (Å²) in [5, 5.41) is 0. The number of likely N-dealkylation sites (tertiary alicyclic amines) is 1. The monoisotopic (exact) mass is 365 g/mol. The van der Waals surface area contributed by atoms with Crippen molar-refractivity contribution in [1.29, 1.82) is 0 Å². The van der Waals surface area contributed by atoms with Crippen molar-refractivity contribution in [2.45, 2.75) is 31.8 Å². The normalized spacial score (nSPS) is 18.0. The highest BCUT2D eigenvalue weighted by atomic mass is 16.5. The van der Waals surface area contributed by atoms with E-state index >= 15 is 0 Å². The van der Waals surface area contributed by atoms with Crippen LogP contribution in [-0.2, 0) is 4.74 Å². The number of methoxy groups -OCH3 is 1. The van der Waals surface area contributed by atoms with Crippen LogP contribution in [0.25, 0.3) is 12.2 Å². The highest BCUT2D eigenvalue weighted by Crippen LogP contribution is 2.21. The number of rotatable bonds is 9. The molecule has 0 radical (unpaired) electrons. The minimum atomic E-state index is 0.415. The molecule has 144 valence electrons. The second-order valence-corrected chi connectivity index (χ2v) is 7.14. The molecule has 3 heteroatoms. The number of ether oxygens (including phenoxy) is 2. The Morgan fingerprint density at radius 3 is 2.67 bits per heavy atom. The van der Waals surface area contributed by atoms with Gasteiger partial charge >= 0.3 is 0 Å². The number of hydrogen-bond acceptors (Lipinski definition) is 3. The SMILES string of the molecule is COC1CCCN(CCCCOc2ccccc2/C=C/c2ccccc2)C1. The number of benzene rings is 2. The maximum atomic E-state index is 6.06. The van der Waals surface area contributed by atoms with Crippen molar-refractivity contribution in [1.82, 2.24) is 4.90 Å². The first-order valence-corrected chi connectivity index (χ1v) is 10.1. The van der Waals surface area contributed by atoms with Crippen LogP contribution in [0.3, 0.4) is 0 Å². The van der Waals surface area contributed by atoms with E-state index in [4.69, 9.17) is 9.47 Å². The van der Waals surface area contributed by atoms with Gasteiger partial charge in [-0.3, -0.25) is 0 Å². The second kappa shape index (κ2) is 10.9. The van der Waals surface area contributed by atoms with E-state index in [1.807, 2.05) is 19.2 Å². The van der Waals surface area contributed by atoms with E-state index in [9.17, 15) is 0 Å². The molecule has 0 aromatic heterocycles. The van der Waals surface area contributed by atoms with Gasteiger partial charge in [-0.1, -0.05) is 60.7 Å². The molecule has 1 heterocycles. The van der Waals surface area contributed by atoms with Gasteiger partial charge in [-0.2, -0.15) is 0 Å². The number of para-hydroxylation sites is 1. The van der Waals surface area contributed by atoms with E-state index < -0.39 is 0 Å². The Hall–Kier alpha value is -2.10. The van der Waals surface area contributed by atoms with Crippen LogP contribution < -0.4 is 4.74 Å². The summed E-state index contributed by atoms with van der Waals surface area (Å²) >= 11 is 0. The lowest BCUT2D eigenvalue weighted by atomic mass is 10.1. The van der Waals surface area contributed by atoms with Gasteiger partial charge in [-0.15, -0.1) is 0 Å². The molecule has 2 aromatic carbocycles. The van der Waals surface area contributed by atoms with E-state index in [0.29, 0.717) is 6.10 Å². The van der Waals surface area contributed by atoms with Gasteiger partial charge in [0, 0.05) is 19.2 Å². The summed E-state index contributed by atoms with van der Waals surface area (Å²) in [5.74, 6) is 0.960. The van der Waals surface area contributed by atoms with E-state index in [-0.39, 0.29) is 0 Å². The Morgan fingerprint density at radius 1 is 1.00 bits per heavy atom. The zero-order valence-electron chi connectivity index (χ0n) is 16.3. The fourth-order valence-electron chi connectivity index (χ4n) is 3.53. The third kappa shape index (κ3) is 6.53. The molecule has 1 saturated heterocycles. The Labute approximate surface area is 163 Å². The molecule has 3 rings (SSSR count). The van der Waals surface area contributed by atoms with Crippen molar-refractivity contribution in [2.75, 3.05) is 33.4 Å². The van der Waals surface area contributed by atoms with Crippen molar-refractivity contribution in [3.63, 3.8) is 0 Å². The summed E-state index contributed by atoms with van der Waals surface area (Å²) < 4.78 is 11.6. The first-order chi connectivity index (χ1) is 13.3. The molecule has 27 heavy (non-hydrogen) atoms. The minimum Gasteiger partial charge on any atom is -0.493 e. The predicted molar refractivity (Wildman–Crippen MR) is 113 cm³/mol. The highest BCUT2D eigenvalue weighted by molar-refractivity contribution is 5.72. The topological polar surface area (TPSA) is 21.7 Å². The Balaban J connectivity index is 1.43. The zero-order valence-corrected chi connectivity index (χ0v) is 16.3. The van der Waals surface area contributed by atoms with Crippen molar-refractivity contribution >= 4 is 12.2 Å². The summed E-state index contributed by atoms with van der Waals surface area (Å²) in [5.41, 5.74) is 2.32. The van der Waals surface area contributed by atoms with Crippen LogP contribution in [0.4, 0.5) is 0 Å². The van der Waals surface area contributed by atoms with Crippen LogP contribution in [0.1, 0.15) is 36.8 Å². The molecule has 1 aliphatic heterocycles. The largest absolute Gasteiger partial charge is 0.493 e. The number of unbranched alkanes of at least 4 members (excludes halogenated alkanes) is 1. The van der Waals surface area contributed by atoms with Gasteiger partial charge in [0.15, 0.2) is 0 Å². The molecule has 1 aliphatic rings. The molecule has 0 N–H and O–H groups in total. The Kier molecular flexibility index (Phi) is 7.94. The van der Waals surface area contributed by atoms with Gasteiger partial charge in [0.05, 0.1) is 12.7 Å². The minimum absolute atomic E-state index is 0.415. The van der Waals surface area contributed by atoms with E-state index in [0.717, 1.165) is 37.4 Å². The Morgan fingerprint density at radius 2 is 1.81 bits per heavy atom. The number of nitrogens with zero attached hydrogens (tertiary/aromatic N) is 1. The van der Waals surface area contributed by atoms with Crippen LogP contribution in [0.15, 0.2) is 54.6 Å². The highest BCUT2D eigenvalue weighted by Gasteiger charge is 2.18. The summed E-state index contributed by atoms with van der Waals surface area (Å²) in [6, 6.07) is 18.6. The van der Waals surface area contributed by atoms with Gasteiger partial charge in [0.1, 0.15) is 5.75 Å². The van der Waals surface area contributed by atoms with Gasteiger partial charge in [0.2, 0.25) is 0 Å². The van der Waals surface area contributed by atoms with Gasteiger partial charge < -0.3 is 14.4 Å². The van der Waals surface area contributed by atoms with Crippen LogP contribution in [0.5, 0.6) is 5.75 Å². The summed E-state index contributed by atoms with van der Waals surface area (Å²) in [7, 11) is 1.83. The zero-order chi connectivity index (χ0) is 18.7. The van der Waals surface area contributed by atoms with Crippen LogP contribution >= 0.6 is 0 Å². The molecule has 1 fully saturated rings. The van der Waals surface area contributed by atoms with Crippen molar-refractivity contribution in [3.8, 4) is 5.75 Å². The molecule has 2 aromatic rings. The number of hydrogen-bond donors (Lipinski definition) is 0. The molecule has 0 spiro atoms. The molecule has 0 amide bonds. The lowest BCUT2D eigenvalue weighted by Crippen LogP contribution is -2.39. The van der Waals surface area contributed by atoms with Gasteiger partial charge in [0.25, 0.3) is 0 Å². The lowest BCUT2D eigenvalue weighted by molar-refractivity contribution is 0.0306. The Bertz CT molecular complexity index is 699. The first kappa shape index (κ1) is 19.7. The number of piperidine rings is 1. The lowest BCUT2D eigenvalue weighted by Gasteiger charge is -2.31. The maximum absolute atomic E-state index is 6.06. The average molecular weight is 366 g/mol. The van der Waals surface area contributed by atoms with Gasteiger partial charge in [-0.25, -0.2) is 0 Å². The molecule has 0 aliphatic carbocycles. The van der Waals surface area contributed by atoms with Crippen molar-refractivity contribution in [2.24, 2.45) is 0 Å². The molecule has 1 unspecified atom stereocenters. The second-order valence-electron chi connectivity index (χ2n) is 7.14. The van der Waals surface area contributed by atoms with Crippen LogP contribution in [0.2, 0.25) is 0 Å². The summed E-state index contributed by atoms with van der Waals surface area (Å²) in [6.45, 7) is 4.18. The quantitative estimate of drug-likeness (QED) is 0.454. The fraction of sp³-hybridized carbons (Fsp3) is 0.417. The standard InChI is InChI=1S/C24H31NO2/c1-26-23-13-9-18-25(20-23)17-7-8-19-27-24-14-6-5-12-22(24)16-15-21-10-3-2-4-11-21/h2-6,10-12,14-16,23H,7-9,13,17-20H2,1H3/b16-15+. The molecule has 1 atom stereocenters. The summed E-state index contributed by atoms with van der Waals surface area (Å²) in [6.07, 6.45) is 9.36. The smallest absolute Gasteiger partial charge is 0.126 e. The molecular formula is C24H31NO2. The van der Waals surface area contributed by atoms with Gasteiger partial charge in [-0.05, 0) is 50.4 Å². The van der Waals surface area contributed by atoms with E-state index in [1.165, 1.54) is 31.4 Å². The van der Waals surface area contributed by atoms with Crippen molar-refractivity contribution < 1.29 is 9.47 Å². The molecule has 3 nitrogen and oxygen atoms in total. The molecular weight excluding hydrogens is 334 g/mol. The van der Waals surface area contributed by atoms with Crippen LogP contribution in [0, 0.1) is 0 Å². The van der Waals surface area contributed by atoms with E-state index in [1.54, 1.807) is 0 Å². The fourth-order valence-corrected chi connectivity index (χ4v) is 3.53. The average Bonchev–Trinajstić information content (AvgIpc) is 2.73. The third-order valence-electron chi connectivity index (χ3n) is 5.10. The third-order valence-corrected chi connectivity index (χ3v) is 5.10. The first-order valence-electron chi connectivity index (χ1n) is 10.1. The maximum Gasteiger partial charge on any atom is 0.126 e. The molecule has 0 saturated carbocycles. The predicted octanol–water partition coefficient (Wildman–Crippen LogP) is 5.13.